The minimum Gasteiger partial charge on any atom is -0.490 e. The summed E-state index contributed by atoms with van der Waals surface area (Å²) in [7, 11) is 0. The normalized spacial score (nSPS) is 17.4. The van der Waals surface area contributed by atoms with Crippen molar-refractivity contribution in [2.75, 3.05) is 52.5 Å². The largest absolute Gasteiger partial charge is 0.490 e. The highest BCUT2D eigenvalue weighted by atomic mass is 16.5. The van der Waals surface area contributed by atoms with Crippen LogP contribution in [0.25, 0.3) is 0 Å². The van der Waals surface area contributed by atoms with Gasteiger partial charge in [-0.25, -0.2) is 0 Å². The summed E-state index contributed by atoms with van der Waals surface area (Å²) in [4.78, 5) is 18.6. The van der Waals surface area contributed by atoms with Crippen molar-refractivity contribution in [3.8, 4) is 5.75 Å². The van der Waals surface area contributed by atoms with Gasteiger partial charge < -0.3 is 14.4 Å². The van der Waals surface area contributed by atoms with E-state index in [0.717, 1.165) is 76.6 Å². The fourth-order valence-electron chi connectivity index (χ4n) is 6.63. The van der Waals surface area contributed by atoms with Gasteiger partial charge in [0.05, 0.1) is 13.2 Å². The third-order valence-electron chi connectivity index (χ3n) is 9.12. The van der Waals surface area contributed by atoms with Crippen LogP contribution in [0, 0.1) is 0 Å². The molecule has 1 unspecified atom stereocenters. The maximum Gasteiger partial charge on any atom is 0.163 e. The number of rotatable bonds is 12. The highest BCUT2D eigenvalue weighted by molar-refractivity contribution is 5.97. The summed E-state index contributed by atoms with van der Waals surface area (Å²) in [5, 5.41) is 0. The Balaban J connectivity index is 1.05. The van der Waals surface area contributed by atoms with Gasteiger partial charge in [-0.3, -0.25) is 9.69 Å². The van der Waals surface area contributed by atoms with Gasteiger partial charge in [-0.15, -0.1) is 0 Å². The zero-order valence-electron chi connectivity index (χ0n) is 25.6. The van der Waals surface area contributed by atoms with Gasteiger partial charge in [-0.05, 0) is 41.7 Å². The molecule has 5 heteroatoms. The molecule has 2 fully saturated rings. The van der Waals surface area contributed by atoms with Crippen molar-refractivity contribution in [2.45, 2.75) is 37.2 Å². The van der Waals surface area contributed by atoms with Crippen molar-refractivity contribution in [3.05, 3.63) is 138 Å². The molecule has 6 rings (SSSR count). The summed E-state index contributed by atoms with van der Waals surface area (Å²) in [6.07, 6.45) is 2.59. The maximum absolute atomic E-state index is 13.6. The molecule has 2 heterocycles. The van der Waals surface area contributed by atoms with Gasteiger partial charge in [-0.2, -0.15) is 0 Å². The van der Waals surface area contributed by atoms with Gasteiger partial charge in [0.15, 0.2) is 5.78 Å². The summed E-state index contributed by atoms with van der Waals surface area (Å²) in [6.45, 7) is 7.21. The third kappa shape index (κ3) is 8.23. The van der Waals surface area contributed by atoms with Crippen molar-refractivity contribution >= 4 is 5.78 Å². The Labute approximate surface area is 262 Å². The first-order valence-electron chi connectivity index (χ1n) is 16.2. The number of likely N-dealkylation sites (tertiary alicyclic amines) is 1. The van der Waals surface area contributed by atoms with E-state index in [9.17, 15) is 4.79 Å². The molecule has 0 aliphatic carbocycles. The summed E-state index contributed by atoms with van der Waals surface area (Å²) in [5.41, 5.74) is 4.67. The topological polar surface area (TPSA) is 42.0 Å². The van der Waals surface area contributed by atoms with E-state index in [-0.39, 0.29) is 17.8 Å². The SMILES string of the molecule is O=C(CC(CN1CCOCC1)c1ccccc1)c1cccc(OC2CCN(CC(c3ccccc3)c3ccccc3)CC2)c1. The Morgan fingerprint density at radius 2 is 1.25 bits per heavy atom. The highest BCUT2D eigenvalue weighted by Crippen LogP contribution is 2.29. The first kappa shape index (κ1) is 30.3. The lowest BCUT2D eigenvalue weighted by Gasteiger charge is -2.34. The molecule has 0 N–H and O–H groups in total. The van der Waals surface area contributed by atoms with Gasteiger partial charge in [0.1, 0.15) is 11.9 Å². The molecule has 2 aliphatic rings. The zero-order chi connectivity index (χ0) is 30.0. The minimum atomic E-state index is 0.145. The molecule has 2 saturated heterocycles. The molecule has 2 aliphatic heterocycles. The molecule has 44 heavy (non-hydrogen) atoms. The number of hydrogen-bond acceptors (Lipinski definition) is 5. The number of morpholine rings is 1. The lowest BCUT2D eigenvalue weighted by atomic mass is 9.90. The van der Waals surface area contributed by atoms with Crippen molar-refractivity contribution in [1.29, 1.82) is 0 Å². The van der Waals surface area contributed by atoms with Crippen molar-refractivity contribution in [2.24, 2.45) is 0 Å². The fourth-order valence-corrected chi connectivity index (χ4v) is 6.63. The third-order valence-corrected chi connectivity index (χ3v) is 9.12. The van der Waals surface area contributed by atoms with E-state index >= 15 is 0 Å². The van der Waals surface area contributed by atoms with Gasteiger partial charge in [0.25, 0.3) is 0 Å². The van der Waals surface area contributed by atoms with Crippen LogP contribution >= 0.6 is 0 Å². The number of piperidine rings is 1. The van der Waals surface area contributed by atoms with Gasteiger partial charge >= 0.3 is 0 Å². The molecular formula is C39H44N2O3. The second-order valence-electron chi connectivity index (χ2n) is 12.2. The lowest BCUT2D eigenvalue weighted by Crippen LogP contribution is -2.40. The van der Waals surface area contributed by atoms with Crippen LogP contribution in [-0.2, 0) is 4.74 Å². The monoisotopic (exact) mass is 588 g/mol. The van der Waals surface area contributed by atoms with E-state index in [1.165, 1.54) is 16.7 Å². The van der Waals surface area contributed by atoms with Crippen LogP contribution in [0.1, 0.15) is 58.1 Å². The van der Waals surface area contributed by atoms with Crippen LogP contribution < -0.4 is 4.74 Å². The van der Waals surface area contributed by atoms with Crippen LogP contribution in [-0.4, -0.2) is 74.2 Å². The Kier molecular flexibility index (Phi) is 10.5. The molecule has 0 bridgehead atoms. The number of Topliss-reactive ketones (excluding diaryl/α,β-unsaturated/α-hetero) is 1. The fraction of sp³-hybridized carbons (Fsp3) is 0.359. The Hall–Kier alpha value is -3.77. The number of carbonyl (C=O) groups excluding carboxylic acids is 1. The zero-order valence-corrected chi connectivity index (χ0v) is 25.6. The first-order valence-corrected chi connectivity index (χ1v) is 16.2. The molecule has 0 saturated carbocycles. The second-order valence-corrected chi connectivity index (χ2v) is 12.2. The molecule has 1 atom stereocenters. The molecule has 0 amide bonds. The summed E-state index contributed by atoms with van der Waals surface area (Å²) >= 11 is 0. The summed E-state index contributed by atoms with van der Waals surface area (Å²) in [6, 6.07) is 40.0. The number of hydrogen-bond donors (Lipinski definition) is 0. The second kappa shape index (κ2) is 15.3. The smallest absolute Gasteiger partial charge is 0.163 e. The van der Waals surface area contributed by atoms with E-state index < -0.39 is 0 Å². The predicted molar refractivity (Wildman–Crippen MR) is 177 cm³/mol. The van der Waals surface area contributed by atoms with Crippen molar-refractivity contribution < 1.29 is 14.3 Å². The van der Waals surface area contributed by atoms with Crippen molar-refractivity contribution in [3.63, 3.8) is 0 Å². The number of benzene rings is 4. The lowest BCUT2D eigenvalue weighted by molar-refractivity contribution is 0.0346. The number of ketones is 1. The number of ether oxygens (including phenoxy) is 2. The van der Waals surface area contributed by atoms with E-state index in [4.69, 9.17) is 9.47 Å². The van der Waals surface area contributed by atoms with E-state index in [1.54, 1.807) is 0 Å². The average Bonchev–Trinajstić information content (AvgIpc) is 3.09. The van der Waals surface area contributed by atoms with Crippen LogP contribution in [0.4, 0.5) is 0 Å². The Morgan fingerprint density at radius 3 is 1.86 bits per heavy atom. The number of nitrogens with zero attached hydrogens (tertiary/aromatic N) is 2. The van der Waals surface area contributed by atoms with Crippen molar-refractivity contribution in [1.82, 2.24) is 9.80 Å². The standard InChI is InChI=1S/C39H44N2O3/c42-39(28-35(31-11-4-1-5-12-31)29-41-23-25-43-26-24-41)34-17-10-18-37(27-34)44-36-19-21-40(22-20-36)30-38(32-13-6-2-7-14-32)33-15-8-3-9-16-33/h1-18,27,35-36,38H,19-26,28-30H2. The van der Waals surface area contributed by atoms with E-state index in [2.05, 4.69) is 94.7 Å². The minimum absolute atomic E-state index is 0.145. The molecule has 0 aromatic heterocycles. The van der Waals surface area contributed by atoms with E-state index in [1.807, 2.05) is 30.3 Å². The molecule has 4 aromatic carbocycles. The van der Waals surface area contributed by atoms with Crippen LogP contribution in [0.2, 0.25) is 0 Å². The molecule has 4 aromatic rings. The molecule has 0 spiro atoms. The van der Waals surface area contributed by atoms with E-state index in [0.29, 0.717) is 12.3 Å². The Bertz CT molecular complexity index is 1390. The average molecular weight is 589 g/mol. The molecule has 5 nitrogen and oxygen atoms in total. The molecule has 228 valence electrons. The first-order chi connectivity index (χ1) is 21.7. The molecular weight excluding hydrogens is 544 g/mol. The van der Waals surface area contributed by atoms with Gasteiger partial charge in [0, 0.05) is 63.1 Å². The Morgan fingerprint density at radius 1 is 0.682 bits per heavy atom. The van der Waals surface area contributed by atoms with Crippen LogP contribution in [0.15, 0.2) is 115 Å². The van der Waals surface area contributed by atoms with Gasteiger partial charge in [-0.1, -0.05) is 103 Å². The van der Waals surface area contributed by atoms with Crippen LogP contribution in [0.3, 0.4) is 0 Å². The quantitative estimate of drug-likeness (QED) is 0.166. The predicted octanol–water partition coefficient (Wildman–Crippen LogP) is 7.05. The summed E-state index contributed by atoms with van der Waals surface area (Å²) < 4.78 is 12.0. The van der Waals surface area contributed by atoms with Crippen LogP contribution in [0.5, 0.6) is 5.75 Å². The van der Waals surface area contributed by atoms with Gasteiger partial charge in [0.2, 0.25) is 0 Å². The maximum atomic E-state index is 13.6. The highest BCUT2D eigenvalue weighted by Gasteiger charge is 2.25. The molecule has 0 radical (unpaired) electrons. The summed E-state index contributed by atoms with van der Waals surface area (Å²) in [5.74, 6) is 1.46. The number of carbonyl (C=O) groups is 1.